The monoisotopic (exact) mass is 318 g/mol. The maximum atomic E-state index is 12.6. The van der Waals surface area contributed by atoms with Crippen molar-refractivity contribution in [3.63, 3.8) is 0 Å². The van der Waals surface area contributed by atoms with Crippen LogP contribution < -0.4 is 5.32 Å². The molecular formula is C16H18N2O3S. The summed E-state index contributed by atoms with van der Waals surface area (Å²) in [7, 11) is 0. The van der Waals surface area contributed by atoms with Crippen LogP contribution in [-0.4, -0.2) is 47.8 Å². The minimum Gasteiger partial charge on any atom is -0.376 e. The zero-order valence-electron chi connectivity index (χ0n) is 12.2. The highest BCUT2D eigenvalue weighted by Gasteiger charge is 2.48. The Morgan fingerprint density at radius 1 is 1.41 bits per heavy atom. The van der Waals surface area contributed by atoms with Gasteiger partial charge in [0, 0.05) is 24.5 Å². The van der Waals surface area contributed by atoms with Gasteiger partial charge in [0.1, 0.15) is 11.4 Å². The van der Waals surface area contributed by atoms with Crippen molar-refractivity contribution < 1.29 is 14.3 Å². The second kappa shape index (κ2) is 5.59. The number of hydrogen-bond acceptors (Lipinski definition) is 4. The van der Waals surface area contributed by atoms with Crippen LogP contribution in [0.5, 0.6) is 0 Å². The van der Waals surface area contributed by atoms with Gasteiger partial charge in [-0.15, -0.1) is 11.8 Å². The molecule has 1 aromatic rings. The molecule has 4 rings (SSSR count). The van der Waals surface area contributed by atoms with Crippen molar-refractivity contribution in [3.05, 3.63) is 35.4 Å². The predicted octanol–water partition coefficient (Wildman–Crippen LogP) is 1.55. The average molecular weight is 318 g/mol. The summed E-state index contributed by atoms with van der Waals surface area (Å²) in [5, 5.41) is 2.94. The molecule has 22 heavy (non-hydrogen) atoms. The fourth-order valence-electron chi connectivity index (χ4n) is 3.38. The smallest absolute Gasteiger partial charge is 0.256 e. The van der Waals surface area contributed by atoms with E-state index in [2.05, 4.69) is 5.32 Å². The largest absolute Gasteiger partial charge is 0.376 e. The average Bonchev–Trinajstić information content (AvgIpc) is 3.25. The van der Waals surface area contributed by atoms with Crippen LogP contribution in [0.1, 0.15) is 34.1 Å². The van der Waals surface area contributed by atoms with E-state index in [9.17, 15) is 9.59 Å². The first kappa shape index (κ1) is 14.1. The molecule has 0 unspecified atom stereocenters. The van der Waals surface area contributed by atoms with Crippen LogP contribution in [0.2, 0.25) is 0 Å². The summed E-state index contributed by atoms with van der Waals surface area (Å²) in [5.74, 6) is 0.566. The van der Waals surface area contributed by atoms with Crippen molar-refractivity contribution in [1.82, 2.24) is 10.2 Å². The van der Waals surface area contributed by atoms with E-state index < -0.39 is 0 Å². The Bertz CT molecular complexity index is 615. The molecule has 3 aliphatic rings. The van der Waals surface area contributed by atoms with Crippen LogP contribution in [0.25, 0.3) is 0 Å². The van der Waals surface area contributed by atoms with Gasteiger partial charge in [-0.05, 0) is 24.5 Å². The summed E-state index contributed by atoms with van der Waals surface area (Å²) in [6, 6.07) is 7.27. The number of hydrogen-bond donors (Lipinski definition) is 1. The molecule has 1 N–H and O–H groups in total. The molecule has 0 spiro atoms. The molecule has 5 nitrogen and oxygen atoms in total. The SMILES string of the molecule is O=C(NC[C@@H]1CCCO1)[C@@H]1CS[C@H]2c3ccccc3C(=O)N12. The van der Waals surface area contributed by atoms with E-state index >= 15 is 0 Å². The number of thioether (sulfide) groups is 1. The van der Waals surface area contributed by atoms with Gasteiger partial charge in [0.05, 0.1) is 6.10 Å². The van der Waals surface area contributed by atoms with Gasteiger partial charge in [0.15, 0.2) is 0 Å². The Morgan fingerprint density at radius 3 is 3.09 bits per heavy atom. The maximum Gasteiger partial charge on any atom is 0.256 e. The molecule has 0 aliphatic carbocycles. The van der Waals surface area contributed by atoms with Crippen molar-refractivity contribution in [2.45, 2.75) is 30.4 Å². The zero-order chi connectivity index (χ0) is 15.1. The highest BCUT2D eigenvalue weighted by atomic mass is 32.2. The van der Waals surface area contributed by atoms with Gasteiger partial charge >= 0.3 is 0 Å². The Morgan fingerprint density at radius 2 is 2.27 bits per heavy atom. The topological polar surface area (TPSA) is 58.6 Å². The lowest BCUT2D eigenvalue weighted by Crippen LogP contribution is -2.47. The van der Waals surface area contributed by atoms with Crippen molar-refractivity contribution in [3.8, 4) is 0 Å². The van der Waals surface area contributed by atoms with Crippen LogP contribution in [-0.2, 0) is 9.53 Å². The number of carbonyl (C=O) groups is 2. The van der Waals surface area contributed by atoms with Gasteiger partial charge in [-0.3, -0.25) is 9.59 Å². The van der Waals surface area contributed by atoms with Crippen molar-refractivity contribution >= 4 is 23.6 Å². The summed E-state index contributed by atoms with van der Waals surface area (Å²) >= 11 is 1.67. The Labute approximate surface area is 133 Å². The summed E-state index contributed by atoms with van der Waals surface area (Å²) < 4.78 is 5.52. The molecule has 2 fully saturated rings. The van der Waals surface area contributed by atoms with E-state index in [1.165, 1.54) is 0 Å². The summed E-state index contributed by atoms with van der Waals surface area (Å²) in [5.41, 5.74) is 1.77. The number of rotatable bonds is 3. The van der Waals surface area contributed by atoms with Crippen LogP contribution in [0, 0.1) is 0 Å². The van der Waals surface area contributed by atoms with E-state index in [1.807, 2.05) is 24.3 Å². The van der Waals surface area contributed by atoms with E-state index in [4.69, 9.17) is 4.74 Å². The number of ether oxygens (including phenoxy) is 1. The van der Waals surface area contributed by atoms with Gasteiger partial charge in [0.2, 0.25) is 5.91 Å². The molecule has 2 saturated heterocycles. The van der Waals surface area contributed by atoms with Crippen molar-refractivity contribution in [1.29, 1.82) is 0 Å². The highest BCUT2D eigenvalue weighted by Crippen LogP contribution is 2.47. The third-order valence-electron chi connectivity index (χ3n) is 4.52. The summed E-state index contributed by atoms with van der Waals surface area (Å²) in [6.07, 6.45) is 2.18. The zero-order valence-corrected chi connectivity index (χ0v) is 13.0. The van der Waals surface area contributed by atoms with Crippen molar-refractivity contribution in [2.24, 2.45) is 0 Å². The van der Waals surface area contributed by atoms with Crippen molar-refractivity contribution in [2.75, 3.05) is 18.9 Å². The minimum absolute atomic E-state index is 0.0119. The lowest BCUT2D eigenvalue weighted by Gasteiger charge is -2.23. The number of carbonyl (C=O) groups excluding carboxylic acids is 2. The molecule has 116 valence electrons. The van der Waals surface area contributed by atoms with Crippen LogP contribution in [0.4, 0.5) is 0 Å². The molecule has 0 saturated carbocycles. The van der Waals surface area contributed by atoms with E-state index in [1.54, 1.807) is 16.7 Å². The van der Waals surface area contributed by atoms with Gasteiger partial charge in [-0.2, -0.15) is 0 Å². The number of amides is 2. The number of benzene rings is 1. The number of nitrogens with one attached hydrogen (secondary N) is 1. The highest BCUT2D eigenvalue weighted by molar-refractivity contribution is 7.99. The molecule has 3 atom stereocenters. The van der Waals surface area contributed by atoms with Crippen LogP contribution in [0.3, 0.4) is 0 Å². The Hall–Kier alpha value is -1.53. The molecule has 1 aromatic carbocycles. The first-order chi connectivity index (χ1) is 10.8. The molecule has 0 radical (unpaired) electrons. The summed E-state index contributed by atoms with van der Waals surface area (Å²) in [6.45, 7) is 1.32. The molecule has 2 amide bonds. The number of fused-ring (bicyclic) bond motifs is 3. The normalized spacial score (nSPS) is 29.5. The van der Waals surface area contributed by atoms with E-state index in [0.29, 0.717) is 12.3 Å². The Balaban J connectivity index is 1.46. The predicted molar refractivity (Wildman–Crippen MR) is 83.6 cm³/mol. The lowest BCUT2D eigenvalue weighted by molar-refractivity contribution is -0.125. The van der Waals surface area contributed by atoms with Gasteiger partial charge < -0.3 is 15.0 Å². The Kier molecular flexibility index (Phi) is 3.58. The first-order valence-electron chi connectivity index (χ1n) is 7.68. The third-order valence-corrected chi connectivity index (χ3v) is 5.83. The molecule has 3 heterocycles. The fraction of sp³-hybridized carbons (Fsp3) is 0.500. The quantitative estimate of drug-likeness (QED) is 0.919. The van der Waals surface area contributed by atoms with Gasteiger partial charge in [0.25, 0.3) is 5.91 Å². The van der Waals surface area contributed by atoms with Crippen LogP contribution >= 0.6 is 11.8 Å². The first-order valence-corrected chi connectivity index (χ1v) is 8.73. The van der Waals surface area contributed by atoms with Crippen LogP contribution in [0.15, 0.2) is 24.3 Å². The lowest BCUT2D eigenvalue weighted by atomic mass is 10.1. The standard InChI is InChI=1S/C16H18N2O3S/c19-14(17-8-10-4-3-7-21-10)13-9-22-16-12-6-2-1-5-11(12)15(20)18(13)16/h1-2,5-6,10,13,16H,3-4,7-9H2,(H,17,19)/t10-,13-,16-/m0/s1. The second-order valence-corrected chi connectivity index (χ2v) is 6.99. The summed E-state index contributed by atoms with van der Waals surface area (Å²) in [4.78, 5) is 26.8. The van der Waals surface area contributed by atoms with E-state index in [-0.39, 0.29) is 29.3 Å². The molecule has 3 aliphatic heterocycles. The maximum absolute atomic E-state index is 12.6. The third kappa shape index (κ3) is 2.21. The second-order valence-electron chi connectivity index (χ2n) is 5.88. The number of nitrogens with zero attached hydrogens (tertiary/aromatic N) is 1. The van der Waals surface area contributed by atoms with Gasteiger partial charge in [-0.25, -0.2) is 0 Å². The molecule has 0 aromatic heterocycles. The molecule has 0 bridgehead atoms. The fourth-order valence-corrected chi connectivity index (χ4v) is 4.84. The van der Waals surface area contributed by atoms with E-state index in [0.717, 1.165) is 30.6 Å². The minimum atomic E-state index is -0.378. The molecule has 6 heteroatoms. The molecular weight excluding hydrogens is 300 g/mol. The van der Waals surface area contributed by atoms with Gasteiger partial charge in [-0.1, -0.05) is 18.2 Å².